The Morgan fingerprint density at radius 3 is 2.68 bits per heavy atom. The number of amides is 2. The van der Waals surface area contributed by atoms with Gasteiger partial charge < -0.3 is 15.5 Å². The Morgan fingerprint density at radius 1 is 1.32 bits per heavy atom. The topological polar surface area (TPSA) is 61.4 Å². The van der Waals surface area contributed by atoms with E-state index in [0.717, 1.165) is 31.5 Å². The maximum Gasteiger partial charge on any atom is 0.227 e. The lowest BCUT2D eigenvalue weighted by Crippen LogP contribution is -2.48. The summed E-state index contributed by atoms with van der Waals surface area (Å²) in [5.74, 6) is -0.179. The quantitative estimate of drug-likeness (QED) is 0.860. The SMILES string of the molecule is CCc1ccc(N2CC(C(=O)NC3CCNC(C)C3)CC2=O)cc1.Cl. The number of anilines is 1. The van der Waals surface area contributed by atoms with Crippen LogP contribution in [0, 0.1) is 5.92 Å². The largest absolute Gasteiger partial charge is 0.353 e. The number of carbonyl (C=O) groups is 2. The van der Waals surface area contributed by atoms with E-state index >= 15 is 0 Å². The second kappa shape index (κ2) is 8.68. The highest BCUT2D eigenvalue weighted by molar-refractivity contribution is 6.00. The summed E-state index contributed by atoms with van der Waals surface area (Å²) in [4.78, 5) is 26.6. The zero-order chi connectivity index (χ0) is 17.1. The predicted octanol–water partition coefficient (Wildman–Crippen LogP) is 2.28. The molecule has 6 heteroatoms. The molecule has 5 nitrogen and oxygen atoms in total. The zero-order valence-electron chi connectivity index (χ0n) is 15.0. The Kier molecular flexibility index (Phi) is 6.85. The molecule has 1 aromatic rings. The van der Waals surface area contributed by atoms with Crippen molar-refractivity contribution in [3.8, 4) is 0 Å². The van der Waals surface area contributed by atoms with Gasteiger partial charge in [0.15, 0.2) is 0 Å². The average Bonchev–Trinajstić information content (AvgIpc) is 2.97. The predicted molar refractivity (Wildman–Crippen MR) is 102 cm³/mol. The summed E-state index contributed by atoms with van der Waals surface area (Å²) < 4.78 is 0. The fourth-order valence-electron chi connectivity index (χ4n) is 3.63. The van der Waals surface area contributed by atoms with Crippen LogP contribution in [0.2, 0.25) is 0 Å². The van der Waals surface area contributed by atoms with Crippen molar-refractivity contribution in [2.24, 2.45) is 5.92 Å². The van der Waals surface area contributed by atoms with Gasteiger partial charge in [-0.15, -0.1) is 12.4 Å². The Balaban J connectivity index is 0.00000225. The highest BCUT2D eigenvalue weighted by Gasteiger charge is 2.36. The molecule has 138 valence electrons. The van der Waals surface area contributed by atoms with Crippen molar-refractivity contribution < 1.29 is 9.59 Å². The van der Waals surface area contributed by atoms with E-state index in [9.17, 15) is 9.59 Å². The molecule has 0 bridgehead atoms. The van der Waals surface area contributed by atoms with Crippen LogP contribution in [0.5, 0.6) is 0 Å². The number of benzene rings is 1. The van der Waals surface area contributed by atoms with Crippen LogP contribution in [0.3, 0.4) is 0 Å². The first-order valence-electron chi connectivity index (χ1n) is 9.00. The van der Waals surface area contributed by atoms with Crippen LogP contribution in [0.4, 0.5) is 5.69 Å². The van der Waals surface area contributed by atoms with Gasteiger partial charge >= 0.3 is 0 Å². The molecule has 3 rings (SSSR count). The molecule has 3 unspecified atom stereocenters. The molecule has 2 N–H and O–H groups in total. The van der Waals surface area contributed by atoms with E-state index in [2.05, 4.69) is 24.5 Å². The van der Waals surface area contributed by atoms with Gasteiger partial charge in [0.2, 0.25) is 11.8 Å². The molecule has 0 radical (unpaired) electrons. The molecule has 2 aliphatic rings. The van der Waals surface area contributed by atoms with Gasteiger partial charge in [-0.2, -0.15) is 0 Å². The summed E-state index contributed by atoms with van der Waals surface area (Å²) in [6.07, 6.45) is 3.20. The van der Waals surface area contributed by atoms with Gasteiger partial charge in [-0.1, -0.05) is 19.1 Å². The molecule has 2 saturated heterocycles. The minimum absolute atomic E-state index is 0. The van der Waals surface area contributed by atoms with Crippen molar-refractivity contribution >= 4 is 29.9 Å². The van der Waals surface area contributed by atoms with E-state index in [1.807, 2.05) is 24.3 Å². The molecule has 0 spiro atoms. The minimum Gasteiger partial charge on any atom is -0.353 e. The van der Waals surface area contributed by atoms with E-state index in [0.29, 0.717) is 19.0 Å². The van der Waals surface area contributed by atoms with E-state index in [4.69, 9.17) is 0 Å². The van der Waals surface area contributed by atoms with Crippen molar-refractivity contribution in [1.29, 1.82) is 0 Å². The molecule has 1 aromatic carbocycles. The fraction of sp³-hybridized carbons (Fsp3) is 0.579. The van der Waals surface area contributed by atoms with Gasteiger partial charge in [-0.05, 0) is 50.4 Å². The monoisotopic (exact) mass is 365 g/mol. The third-order valence-corrected chi connectivity index (χ3v) is 5.12. The number of hydrogen-bond donors (Lipinski definition) is 2. The molecule has 2 fully saturated rings. The van der Waals surface area contributed by atoms with Gasteiger partial charge in [0.1, 0.15) is 0 Å². The number of hydrogen-bond acceptors (Lipinski definition) is 3. The van der Waals surface area contributed by atoms with E-state index in [1.54, 1.807) is 4.90 Å². The number of rotatable bonds is 4. The maximum absolute atomic E-state index is 12.5. The average molecular weight is 366 g/mol. The number of piperidine rings is 1. The Morgan fingerprint density at radius 2 is 2.04 bits per heavy atom. The minimum atomic E-state index is -0.242. The summed E-state index contributed by atoms with van der Waals surface area (Å²) in [7, 11) is 0. The summed E-state index contributed by atoms with van der Waals surface area (Å²) in [6, 6.07) is 8.71. The summed E-state index contributed by atoms with van der Waals surface area (Å²) in [6.45, 7) is 5.67. The number of nitrogens with zero attached hydrogens (tertiary/aromatic N) is 1. The molecule has 2 amide bonds. The molecule has 25 heavy (non-hydrogen) atoms. The number of nitrogens with one attached hydrogen (secondary N) is 2. The Hall–Kier alpha value is -1.59. The lowest BCUT2D eigenvalue weighted by Gasteiger charge is -2.29. The van der Waals surface area contributed by atoms with Crippen LogP contribution in [0.1, 0.15) is 38.7 Å². The van der Waals surface area contributed by atoms with Crippen LogP contribution in [0.15, 0.2) is 24.3 Å². The summed E-state index contributed by atoms with van der Waals surface area (Å²) in [5.41, 5.74) is 2.14. The van der Waals surface area contributed by atoms with Crippen molar-refractivity contribution in [3.05, 3.63) is 29.8 Å². The number of halogens is 1. The summed E-state index contributed by atoms with van der Waals surface area (Å²) in [5, 5.41) is 6.53. The van der Waals surface area contributed by atoms with Crippen molar-refractivity contribution in [2.75, 3.05) is 18.0 Å². The third-order valence-electron chi connectivity index (χ3n) is 5.12. The highest BCUT2D eigenvalue weighted by atomic mass is 35.5. The van der Waals surface area contributed by atoms with Gasteiger partial charge in [0.25, 0.3) is 0 Å². The lowest BCUT2D eigenvalue weighted by molar-refractivity contribution is -0.127. The molecule has 2 heterocycles. The second-order valence-corrected chi connectivity index (χ2v) is 7.01. The molecule has 0 aliphatic carbocycles. The molecular formula is C19H28ClN3O2. The van der Waals surface area contributed by atoms with Crippen LogP contribution in [0.25, 0.3) is 0 Å². The first kappa shape index (κ1) is 19.7. The molecule has 0 aromatic heterocycles. The standard InChI is InChI=1S/C19H27N3O2.ClH/c1-3-14-4-6-17(7-5-14)22-12-15(11-18(22)23)19(24)21-16-8-9-20-13(2)10-16;/h4-7,13,15-16,20H,3,8-12H2,1-2H3,(H,21,24);1H. The third kappa shape index (κ3) is 4.73. The van der Waals surface area contributed by atoms with E-state index in [-0.39, 0.29) is 36.2 Å². The molecular weight excluding hydrogens is 338 g/mol. The first-order chi connectivity index (χ1) is 11.6. The summed E-state index contributed by atoms with van der Waals surface area (Å²) >= 11 is 0. The molecule has 0 saturated carbocycles. The smallest absolute Gasteiger partial charge is 0.227 e. The van der Waals surface area contributed by atoms with Gasteiger partial charge in [-0.3, -0.25) is 9.59 Å². The van der Waals surface area contributed by atoms with E-state index in [1.165, 1.54) is 5.56 Å². The Bertz CT molecular complexity index is 605. The zero-order valence-corrected chi connectivity index (χ0v) is 15.8. The van der Waals surface area contributed by atoms with Crippen molar-refractivity contribution in [3.63, 3.8) is 0 Å². The number of carbonyl (C=O) groups excluding carboxylic acids is 2. The first-order valence-corrected chi connectivity index (χ1v) is 9.00. The van der Waals surface area contributed by atoms with Crippen LogP contribution in [-0.2, 0) is 16.0 Å². The van der Waals surface area contributed by atoms with Gasteiger partial charge in [-0.25, -0.2) is 0 Å². The van der Waals surface area contributed by atoms with Gasteiger partial charge in [0, 0.05) is 30.7 Å². The molecule has 3 atom stereocenters. The van der Waals surface area contributed by atoms with Crippen molar-refractivity contribution in [1.82, 2.24) is 10.6 Å². The highest BCUT2D eigenvalue weighted by Crippen LogP contribution is 2.26. The fourth-order valence-corrected chi connectivity index (χ4v) is 3.63. The van der Waals surface area contributed by atoms with Crippen LogP contribution < -0.4 is 15.5 Å². The lowest BCUT2D eigenvalue weighted by atomic mass is 9.99. The Labute approximate surface area is 155 Å². The number of aryl methyl sites for hydroxylation is 1. The normalized spacial score (nSPS) is 26.2. The second-order valence-electron chi connectivity index (χ2n) is 7.01. The van der Waals surface area contributed by atoms with Crippen LogP contribution in [-0.4, -0.2) is 37.0 Å². The molecule has 2 aliphatic heterocycles. The van der Waals surface area contributed by atoms with Crippen LogP contribution >= 0.6 is 12.4 Å². The van der Waals surface area contributed by atoms with Gasteiger partial charge in [0.05, 0.1) is 5.92 Å². The maximum atomic E-state index is 12.5. The van der Waals surface area contributed by atoms with Crippen molar-refractivity contribution in [2.45, 2.75) is 51.6 Å². The van der Waals surface area contributed by atoms with E-state index < -0.39 is 0 Å².